The highest BCUT2D eigenvalue weighted by atomic mass is 19.1. The summed E-state index contributed by atoms with van der Waals surface area (Å²) in [6.45, 7) is 1.76. The molecule has 1 aromatic carbocycles. The maximum absolute atomic E-state index is 14.3. The molecule has 0 bridgehead atoms. The summed E-state index contributed by atoms with van der Waals surface area (Å²) in [5.41, 5.74) is 4.25. The third kappa shape index (κ3) is 3.14. The molecule has 138 valence electrons. The van der Waals surface area contributed by atoms with Gasteiger partial charge in [-0.15, -0.1) is 0 Å². The number of rotatable bonds is 6. The first-order valence-corrected chi connectivity index (χ1v) is 8.27. The van der Waals surface area contributed by atoms with Gasteiger partial charge in [-0.25, -0.2) is 4.39 Å². The van der Waals surface area contributed by atoms with Gasteiger partial charge in [0.25, 0.3) is 11.8 Å². The Labute approximate surface area is 149 Å². The average molecular weight is 361 g/mol. The van der Waals surface area contributed by atoms with Gasteiger partial charge >= 0.3 is 0 Å². The maximum atomic E-state index is 14.3. The summed E-state index contributed by atoms with van der Waals surface area (Å²) < 4.78 is 25.4. The first-order chi connectivity index (χ1) is 12.4. The molecule has 1 fully saturated rings. The zero-order valence-corrected chi connectivity index (χ0v) is 14.5. The quantitative estimate of drug-likeness (QED) is 0.815. The molecule has 3 N–H and O–H groups in total. The molecule has 3 rings (SSSR count). The van der Waals surface area contributed by atoms with Crippen LogP contribution >= 0.6 is 0 Å². The lowest BCUT2D eigenvalue weighted by Crippen LogP contribution is -2.34. The van der Waals surface area contributed by atoms with E-state index in [1.54, 1.807) is 19.1 Å². The molecule has 2 heterocycles. The van der Waals surface area contributed by atoms with Crippen molar-refractivity contribution in [1.82, 2.24) is 10.3 Å². The van der Waals surface area contributed by atoms with Crippen molar-refractivity contribution in [3.8, 4) is 11.5 Å². The Morgan fingerprint density at radius 2 is 2.23 bits per heavy atom. The molecular formula is C18H20FN3O4. The third-order valence-corrected chi connectivity index (χ3v) is 4.60. The van der Waals surface area contributed by atoms with Gasteiger partial charge in [0.15, 0.2) is 5.67 Å². The molecule has 2 atom stereocenters. The van der Waals surface area contributed by atoms with Crippen LogP contribution in [0.3, 0.4) is 0 Å². The van der Waals surface area contributed by atoms with Crippen molar-refractivity contribution in [1.29, 1.82) is 0 Å². The van der Waals surface area contributed by atoms with Gasteiger partial charge in [0.05, 0.1) is 24.2 Å². The van der Waals surface area contributed by atoms with E-state index in [1.165, 1.54) is 19.4 Å². The number of benzene rings is 1. The Kier molecular flexibility index (Phi) is 4.67. The normalized spacial score (nSPS) is 22.3. The van der Waals surface area contributed by atoms with Crippen LogP contribution in [0.1, 0.15) is 30.1 Å². The Morgan fingerprint density at radius 1 is 1.46 bits per heavy atom. The number of ether oxygens (including phenoxy) is 2. The molecule has 0 spiro atoms. The Bertz CT molecular complexity index is 873. The minimum absolute atomic E-state index is 0.0699. The maximum Gasteiger partial charge on any atom is 0.258 e. The highest BCUT2D eigenvalue weighted by molar-refractivity contribution is 6.01. The predicted molar refractivity (Wildman–Crippen MR) is 93.0 cm³/mol. The van der Waals surface area contributed by atoms with E-state index < -0.39 is 23.5 Å². The van der Waals surface area contributed by atoms with E-state index in [0.717, 1.165) is 0 Å². The summed E-state index contributed by atoms with van der Waals surface area (Å²) in [6, 6.07) is 4.40. The molecule has 26 heavy (non-hydrogen) atoms. The number of carbonyl (C=O) groups is 2. The van der Waals surface area contributed by atoms with Crippen molar-refractivity contribution >= 4 is 22.7 Å². The molecule has 1 aliphatic heterocycles. The number of amides is 2. The molecule has 1 saturated heterocycles. The SMILES string of the molecule is CCC1(F)CC(COc2ccnc3cc(C(N)=O)c(OC)cc23)NC1=O. The lowest BCUT2D eigenvalue weighted by Gasteiger charge is -2.15. The van der Waals surface area contributed by atoms with E-state index in [0.29, 0.717) is 22.4 Å². The summed E-state index contributed by atoms with van der Waals surface area (Å²) in [6.07, 6.45) is 1.73. The molecular weight excluding hydrogens is 341 g/mol. The number of nitrogens with two attached hydrogens (primary N) is 1. The number of hydrogen-bond acceptors (Lipinski definition) is 5. The summed E-state index contributed by atoms with van der Waals surface area (Å²) >= 11 is 0. The Hall–Kier alpha value is -2.90. The highest BCUT2D eigenvalue weighted by Crippen LogP contribution is 2.32. The van der Waals surface area contributed by atoms with Crippen LogP contribution in [-0.2, 0) is 4.79 Å². The van der Waals surface area contributed by atoms with E-state index in [9.17, 15) is 14.0 Å². The van der Waals surface area contributed by atoms with Gasteiger partial charge in [-0.1, -0.05) is 6.92 Å². The molecule has 0 saturated carbocycles. The van der Waals surface area contributed by atoms with Crippen LogP contribution in [0.4, 0.5) is 4.39 Å². The molecule has 7 nitrogen and oxygen atoms in total. The van der Waals surface area contributed by atoms with Crippen LogP contribution in [-0.4, -0.2) is 42.2 Å². The number of nitrogens with zero attached hydrogens (tertiary/aromatic N) is 1. The second-order valence-electron chi connectivity index (χ2n) is 6.25. The molecule has 1 aromatic heterocycles. The number of carbonyl (C=O) groups excluding carboxylic acids is 2. The second-order valence-corrected chi connectivity index (χ2v) is 6.25. The Balaban J connectivity index is 1.85. The van der Waals surface area contributed by atoms with Crippen molar-refractivity contribution in [3.63, 3.8) is 0 Å². The fourth-order valence-electron chi connectivity index (χ4n) is 3.08. The molecule has 1 aliphatic rings. The molecule has 8 heteroatoms. The number of methoxy groups -OCH3 is 1. The number of aromatic nitrogens is 1. The molecule has 0 aliphatic carbocycles. The average Bonchev–Trinajstić information content (AvgIpc) is 2.93. The standard InChI is InChI=1S/C18H20FN3O4/c1-3-18(19)8-10(22-17(18)24)9-26-14-4-5-21-13-6-12(16(20)23)15(25-2)7-11(13)14/h4-7,10H,3,8-9H2,1-2H3,(H2,20,23)(H,22,24). The number of nitrogens with one attached hydrogen (secondary N) is 1. The second kappa shape index (κ2) is 6.78. The summed E-state index contributed by atoms with van der Waals surface area (Å²) in [4.78, 5) is 27.5. The number of primary amides is 1. The fourth-order valence-corrected chi connectivity index (χ4v) is 3.08. The van der Waals surface area contributed by atoms with E-state index in [4.69, 9.17) is 15.2 Å². The summed E-state index contributed by atoms with van der Waals surface area (Å²) in [7, 11) is 1.43. The van der Waals surface area contributed by atoms with Crippen LogP contribution in [0.25, 0.3) is 10.9 Å². The van der Waals surface area contributed by atoms with Crippen molar-refractivity contribution in [2.24, 2.45) is 5.73 Å². The monoisotopic (exact) mass is 361 g/mol. The highest BCUT2D eigenvalue weighted by Gasteiger charge is 2.46. The van der Waals surface area contributed by atoms with E-state index >= 15 is 0 Å². The minimum atomic E-state index is -1.84. The van der Waals surface area contributed by atoms with E-state index in [-0.39, 0.29) is 25.0 Å². The topological polar surface area (TPSA) is 104 Å². The Morgan fingerprint density at radius 3 is 2.85 bits per heavy atom. The number of pyridine rings is 1. The first kappa shape index (κ1) is 17.9. The summed E-state index contributed by atoms with van der Waals surface area (Å²) in [5.74, 6) is -0.414. The first-order valence-electron chi connectivity index (χ1n) is 8.27. The number of alkyl halides is 1. The largest absolute Gasteiger partial charge is 0.496 e. The molecule has 0 radical (unpaired) electrons. The van der Waals surface area contributed by atoms with Crippen molar-refractivity contribution in [3.05, 3.63) is 30.0 Å². The summed E-state index contributed by atoms with van der Waals surface area (Å²) in [5, 5.41) is 3.25. The molecule has 2 unspecified atom stereocenters. The van der Waals surface area contributed by atoms with Gasteiger partial charge in [-0.2, -0.15) is 0 Å². The van der Waals surface area contributed by atoms with Gasteiger partial charge in [0, 0.05) is 18.0 Å². The van der Waals surface area contributed by atoms with Gasteiger partial charge < -0.3 is 20.5 Å². The van der Waals surface area contributed by atoms with Gasteiger partial charge in [-0.3, -0.25) is 14.6 Å². The molecule has 2 aromatic rings. The van der Waals surface area contributed by atoms with Gasteiger partial charge in [0.2, 0.25) is 0 Å². The van der Waals surface area contributed by atoms with Crippen LogP contribution in [0, 0.1) is 0 Å². The van der Waals surface area contributed by atoms with Crippen LogP contribution in [0.5, 0.6) is 11.5 Å². The van der Waals surface area contributed by atoms with Crippen LogP contribution < -0.4 is 20.5 Å². The predicted octanol–water partition coefficient (Wildman–Crippen LogP) is 1.73. The van der Waals surface area contributed by atoms with Crippen molar-refractivity contribution < 1.29 is 23.5 Å². The third-order valence-electron chi connectivity index (χ3n) is 4.60. The van der Waals surface area contributed by atoms with Gasteiger partial charge in [-0.05, 0) is 24.6 Å². The zero-order valence-electron chi connectivity index (χ0n) is 14.5. The smallest absolute Gasteiger partial charge is 0.258 e. The van der Waals surface area contributed by atoms with Crippen molar-refractivity contribution in [2.45, 2.75) is 31.5 Å². The van der Waals surface area contributed by atoms with Crippen LogP contribution in [0.15, 0.2) is 24.4 Å². The van der Waals surface area contributed by atoms with Crippen LogP contribution in [0.2, 0.25) is 0 Å². The van der Waals surface area contributed by atoms with Crippen molar-refractivity contribution in [2.75, 3.05) is 13.7 Å². The van der Waals surface area contributed by atoms with Gasteiger partial charge in [0.1, 0.15) is 18.1 Å². The lowest BCUT2D eigenvalue weighted by molar-refractivity contribution is -0.129. The number of fused-ring (bicyclic) bond motifs is 1. The number of hydrogen-bond donors (Lipinski definition) is 2. The fraction of sp³-hybridized carbons (Fsp3) is 0.389. The lowest BCUT2D eigenvalue weighted by atomic mass is 9.99. The van der Waals surface area contributed by atoms with E-state index in [1.807, 2.05) is 0 Å². The molecule has 2 amide bonds. The van der Waals surface area contributed by atoms with E-state index in [2.05, 4.69) is 10.3 Å². The zero-order chi connectivity index (χ0) is 18.9. The minimum Gasteiger partial charge on any atom is -0.496 e. The number of halogens is 1.